The highest BCUT2D eigenvalue weighted by molar-refractivity contribution is 5.88. The van der Waals surface area contributed by atoms with Crippen LogP contribution in [0.2, 0.25) is 0 Å². The van der Waals surface area contributed by atoms with Crippen LogP contribution in [0.15, 0.2) is 0 Å². The van der Waals surface area contributed by atoms with Crippen molar-refractivity contribution in [3.8, 4) is 0 Å². The number of aliphatic hydroxyl groups excluding tert-OH is 1. The Kier molecular flexibility index (Phi) is 36.4. The Morgan fingerprint density at radius 2 is 0.885 bits per heavy atom. The first-order valence-corrected chi connectivity index (χ1v) is 22.5. The van der Waals surface area contributed by atoms with Crippen LogP contribution in [0.4, 0.5) is 0 Å². The van der Waals surface area contributed by atoms with Crippen LogP contribution in [0.5, 0.6) is 0 Å². The van der Waals surface area contributed by atoms with E-state index in [2.05, 4.69) is 43.9 Å². The Balaban J connectivity index is 4.39. The molecule has 0 fully saturated rings. The number of unbranched alkanes of at least 4 members (excludes halogenated alkanes) is 25. The minimum Gasteiger partial charge on any atom is -0.391 e. The fourth-order valence-corrected chi connectivity index (χ4v) is 6.96. The number of aliphatic hydroxyl groups is 1. The lowest BCUT2D eigenvalue weighted by molar-refractivity contribution is -0.890. The van der Waals surface area contributed by atoms with E-state index < -0.39 is 6.04 Å². The maximum atomic E-state index is 13.2. The molecule has 0 bridgehead atoms. The predicted molar refractivity (Wildman–Crippen MR) is 221 cm³/mol. The smallest absolute Gasteiger partial charge is 0.242 e. The van der Waals surface area contributed by atoms with Crippen molar-refractivity contribution in [2.75, 3.05) is 46.9 Å². The molecule has 0 rings (SSSR count). The van der Waals surface area contributed by atoms with Gasteiger partial charge >= 0.3 is 0 Å². The SMILES string of the molecule is CCCCCCCCCCCCNC(=O)CC[C@H](NC(=O)CCCCCCCCCC[N+](C)(C)CCO)C(=O)NCCCCCCCCCCCC. The second-order valence-corrected chi connectivity index (χ2v) is 16.3. The molecule has 0 heterocycles. The molecule has 308 valence electrons. The number of likely N-dealkylation sites (N-methyl/N-ethyl adjacent to an activating group) is 1. The molecule has 8 nitrogen and oxygen atoms in total. The highest BCUT2D eigenvalue weighted by Crippen LogP contribution is 2.13. The molecule has 0 aliphatic rings. The third-order valence-corrected chi connectivity index (χ3v) is 10.6. The lowest BCUT2D eigenvalue weighted by atomic mass is 10.1. The zero-order valence-electron chi connectivity index (χ0n) is 35.2. The number of carbonyl (C=O) groups is 3. The second-order valence-electron chi connectivity index (χ2n) is 16.3. The molecular weight excluding hydrogens is 649 g/mol. The molecule has 0 spiro atoms. The van der Waals surface area contributed by atoms with E-state index in [1.807, 2.05) is 0 Å². The molecule has 4 N–H and O–H groups in total. The number of hydrogen-bond acceptors (Lipinski definition) is 4. The van der Waals surface area contributed by atoms with E-state index in [0.717, 1.165) is 62.5 Å². The van der Waals surface area contributed by atoms with E-state index in [1.165, 1.54) is 135 Å². The van der Waals surface area contributed by atoms with E-state index in [4.69, 9.17) is 0 Å². The highest BCUT2D eigenvalue weighted by Gasteiger charge is 2.21. The van der Waals surface area contributed by atoms with Crippen molar-refractivity contribution in [1.82, 2.24) is 16.0 Å². The molecule has 0 aromatic rings. The minimum absolute atomic E-state index is 0.0365. The fourth-order valence-electron chi connectivity index (χ4n) is 6.96. The Bertz CT molecular complexity index is 822. The fraction of sp³-hybridized carbons (Fsp3) is 0.932. The standard InChI is InChI=1S/C44H88N4O4/c1-5-7-9-11-13-15-18-22-26-30-36-45-42(50)35-34-41(44(52)46-37-31-27-23-19-16-14-12-10-8-6-2)47-43(51)33-29-25-21-17-20-24-28-32-38-48(3,4)39-40-49/h41,49H,5-40H2,1-4H3,(H2-,45,46,47,50,51,52)/p+1/t41-/m0/s1. The summed E-state index contributed by atoms with van der Waals surface area (Å²) in [4.78, 5) is 38.7. The van der Waals surface area contributed by atoms with E-state index in [0.29, 0.717) is 25.9 Å². The van der Waals surface area contributed by atoms with Crippen molar-refractivity contribution >= 4 is 17.7 Å². The first-order chi connectivity index (χ1) is 25.3. The number of nitrogens with zero attached hydrogens (tertiary/aromatic N) is 1. The van der Waals surface area contributed by atoms with Crippen LogP contribution in [-0.2, 0) is 14.4 Å². The first kappa shape index (κ1) is 50.3. The van der Waals surface area contributed by atoms with Gasteiger partial charge in [-0.3, -0.25) is 14.4 Å². The topological polar surface area (TPSA) is 108 Å². The molecule has 0 aliphatic carbocycles. The summed E-state index contributed by atoms with van der Waals surface area (Å²) in [7, 11) is 4.36. The van der Waals surface area contributed by atoms with Crippen LogP contribution < -0.4 is 16.0 Å². The number of rotatable bonds is 40. The summed E-state index contributed by atoms with van der Waals surface area (Å²) in [5, 5.41) is 18.2. The summed E-state index contributed by atoms with van der Waals surface area (Å²) < 4.78 is 0.882. The molecule has 0 saturated carbocycles. The monoisotopic (exact) mass is 738 g/mol. The van der Waals surface area contributed by atoms with Crippen molar-refractivity contribution in [3.05, 3.63) is 0 Å². The molecule has 0 radical (unpaired) electrons. The zero-order valence-corrected chi connectivity index (χ0v) is 35.2. The summed E-state index contributed by atoms with van der Waals surface area (Å²) >= 11 is 0. The molecule has 1 atom stereocenters. The van der Waals surface area contributed by atoms with Gasteiger partial charge in [-0.05, 0) is 38.5 Å². The summed E-state index contributed by atoms with van der Waals surface area (Å²) in [6, 6.07) is -0.667. The third-order valence-electron chi connectivity index (χ3n) is 10.6. The van der Waals surface area contributed by atoms with Gasteiger partial charge in [-0.25, -0.2) is 0 Å². The number of quaternary nitrogens is 1. The number of carbonyl (C=O) groups excluding carboxylic acids is 3. The number of hydrogen-bond donors (Lipinski definition) is 4. The average Bonchev–Trinajstić information content (AvgIpc) is 3.11. The van der Waals surface area contributed by atoms with Gasteiger partial charge in [-0.2, -0.15) is 0 Å². The van der Waals surface area contributed by atoms with Crippen LogP contribution >= 0.6 is 0 Å². The van der Waals surface area contributed by atoms with E-state index in [-0.39, 0.29) is 30.7 Å². The average molecular weight is 738 g/mol. The molecule has 52 heavy (non-hydrogen) atoms. The maximum absolute atomic E-state index is 13.2. The molecule has 3 amide bonds. The van der Waals surface area contributed by atoms with Gasteiger partial charge in [-0.1, -0.05) is 162 Å². The van der Waals surface area contributed by atoms with Crippen molar-refractivity contribution < 1.29 is 24.0 Å². The number of nitrogens with one attached hydrogen (secondary N) is 3. The summed E-state index contributed by atoms with van der Waals surface area (Å²) in [6.07, 6.45) is 35.2. The van der Waals surface area contributed by atoms with Crippen LogP contribution in [0.25, 0.3) is 0 Å². The molecule has 0 saturated heterocycles. The lowest BCUT2D eigenvalue weighted by Crippen LogP contribution is -2.47. The highest BCUT2D eigenvalue weighted by atomic mass is 16.3. The second kappa shape index (κ2) is 37.6. The van der Waals surface area contributed by atoms with Gasteiger partial charge in [0.25, 0.3) is 0 Å². The van der Waals surface area contributed by atoms with Crippen LogP contribution in [0.1, 0.15) is 213 Å². The third kappa shape index (κ3) is 35.4. The van der Waals surface area contributed by atoms with E-state index in [1.54, 1.807) is 0 Å². The van der Waals surface area contributed by atoms with Gasteiger partial charge in [-0.15, -0.1) is 0 Å². The molecule has 8 heteroatoms. The van der Waals surface area contributed by atoms with Gasteiger partial charge in [0.1, 0.15) is 12.6 Å². The van der Waals surface area contributed by atoms with Crippen molar-refractivity contribution in [2.45, 2.75) is 219 Å². The predicted octanol–water partition coefficient (Wildman–Crippen LogP) is 9.91. The minimum atomic E-state index is -0.667. The van der Waals surface area contributed by atoms with Crippen molar-refractivity contribution in [1.29, 1.82) is 0 Å². The van der Waals surface area contributed by atoms with Crippen molar-refractivity contribution in [2.24, 2.45) is 0 Å². The van der Waals surface area contributed by atoms with Gasteiger partial charge in [0.15, 0.2) is 0 Å². The largest absolute Gasteiger partial charge is 0.391 e. The van der Waals surface area contributed by atoms with E-state index in [9.17, 15) is 19.5 Å². The summed E-state index contributed by atoms with van der Waals surface area (Å²) in [6.45, 7) is 7.97. The molecule has 0 aromatic carbocycles. The van der Waals surface area contributed by atoms with Gasteiger partial charge in [0.05, 0.1) is 27.2 Å². The van der Waals surface area contributed by atoms with E-state index >= 15 is 0 Å². The summed E-state index contributed by atoms with van der Waals surface area (Å²) in [5.74, 6) is -0.288. The Hall–Kier alpha value is -1.67. The van der Waals surface area contributed by atoms with Crippen molar-refractivity contribution in [3.63, 3.8) is 0 Å². The van der Waals surface area contributed by atoms with Gasteiger partial charge in [0.2, 0.25) is 17.7 Å². The zero-order chi connectivity index (χ0) is 38.4. The molecule has 0 aliphatic heterocycles. The van der Waals surface area contributed by atoms with Gasteiger partial charge < -0.3 is 25.5 Å². The summed E-state index contributed by atoms with van der Waals surface area (Å²) in [5.41, 5.74) is 0. The van der Waals surface area contributed by atoms with Crippen LogP contribution in [-0.4, -0.2) is 80.2 Å². The Labute approximate surface area is 322 Å². The Morgan fingerprint density at radius 3 is 1.35 bits per heavy atom. The van der Waals surface area contributed by atoms with Crippen LogP contribution in [0, 0.1) is 0 Å². The quantitative estimate of drug-likeness (QED) is 0.0371. The molecule has 0 unspecified atom stereocenters. The Morgan fingerprint density at radius 1 is 0.481 bits per heavy atom. The lowest BCUT2D eigenvalue weighted by Gasteiger charge is -2.28. The molecular formula is C44H89N4O4+. The normalized spacial score (nSPS) is 12.2. The van der Waals surface area contributed by atoms with Gasteiger partial charge in [0, 0.05) is 25.9 Å². The number of amides is 3. The maximum Gasteiger partial charge on any atom is 0.242 e. The first-order valence-electron chi connectivity index (χ1n) is 22.5. The van der Waals surface area contributed by atoms with Crippen LogP contribution in [0.3, 0.4) is 0 Å². The molecule has 0 aromatic heterocycles.